The van der Waals surface area contributed by atoms with E-state index in [-0.39, 0.29) is 17.2 Å². The third-order valence-corrected chi connectivity index (χ3v) is 5.39. The van der Waals surface area contributed by atoms with Gasteiger partial charge in [0.15, 0.2) is 0 Å². The fourth-order valence-electron chi connectivity index (χ4n) is 2.94. The molecule has 0 spiro atoms. The van der Waals surface area contributed by atoms with Gasteiger partial charge in [-0.1, -0.05) is 30.3 Å². The van der Waals surface area contributed by atoms with Crippen LogP contribution in [0.5, 0.6) is 11.5 Å². The molecule has 0 aliphatic heterocycles. The number of halogens is 1. The molecule has 0 atom stereocenters. The minimum atomic E-state index is -0.412. The Hall–Kier alpha value is -3.25. The van der Waals surface area contributed by atoms with E-state index in [0.717, 1.165) is 4.90 Å². The van der Waals surface area contributed by atoms with E-state index in [4.69, 9.17) is 0 Å². The Morgan fingerprint density at radius 1 is 0.893 bits per heavy atom. The monoisotopic (exact) mass is 392 g/mol. The molecular weight excluding hydrogens is 375 g/mol. The molecule has 0 fully saturated rings. The quantitative estimate of drug-likeness (QED) is 0.448. The van der Waals surface area contributed by atoms with E-state index in [9.17, 15) is 14.6 Å². The van der Waals surface area contributed by atoms with Crippen LogP contribution in [-0.2, 0) is 5.75 Å². The van der Waals surface area contributed by atoms with E-state index in [1.165, 1.54) is 16.8 Å². The molecule has 3 aromatic carbocycles. The van der Waals surface area contributed by atoms with Gasteiger partial charge in [-0.15, -0.1) is 11.8 Å². The first-order valence-corrected chi connectivity index (χ1v) is 9.64. The second-order valence-electron chi connectivity index (χ2n) is 6.18. The number of phenols is 2. The maximum absolute atomic E-state index is 14.2. The molecule has 1 heterocycles. The van der Waals surface area contributed by atoms with Gasteiger partial charge in [0.25, 0.3) is 0 Å². The van der Waals surface area contributed by atoms with Crippen LogP contribution in [0.2, 0.25) is 0 Å². The van der Waals surface area contributed by atoms with Gasteiger partial charge in [-0.25, -0.2) is 9.07 Å². The first-order chi connectivity index (χ1) is 13.6. The maximum atomic E-state index is 14.2. The number of rotatable bonds is 5. The predicted octanol–water partition coefficient (Wildman–Crippen LogP) is 5.38. The van der Waals surface area contributed by atoms with Gasteiger partial charge in [-0.2, -0.15) is 5.10 Å². The van der Waals surface area contributed by atoms with Crippen molar-refractivity contribution in [2.24, 2.45) is 0 Å². The summed E-state index contributed by atoms with van der Waals surface area (Å²) in [6.45, 7) is 0. The van der Waals surface area contributed by atoms with Crippen LogP contribution in [0, 0.1) is 5.82 Å². The van der Waals surface area contributed by atoms with Crippen LogP contribution in [0.25, 0.3) is 16.9 Å². The molecule has 28 heavy (non-hydrogen) atoms. The maximum Gasteiger partial charge on any atom is 0.148 e. The Morgan fingerprint density at radius 3 is 2.43 bits per heavy atom. The second-order valence-corrected chi connectivity index (χ2v) is 7.23. The van der Waals surface area contributed by atoms with Crippen LogP contribution in [0.15, 0.2) is 83.9 Å². The largest absolute Gasteiger partial charge is 0.507 e. The second kappa shape index (κ2) is 7.78. The minimum Gasteiger partial charge on any atom is -0.507 e. The summed E-state index contributed by atoms with van der Waals surface area (Å²) >= 11 is 1.58. The van der Waals surface area contributed by atoms with Crippen molar-refractivity contribution < 1.29 is 14.6 Å². The predicted molar refractivity (Wildman–Crippen MR) is 108 cm³/mol. The molecule has 4 rings (SSSR count). The van der Waals surface area contributed by atoms with Gasteiger partial charge in [0.1, 0.15) is 23.0 Å². The van der Waals surface area contributed by atoms with Crippen molar-refractivity contribution in [2.75, 3.05) is 0 Å². The molecule has 0 saturated carbocycles. The highest BCUT2D eigenvalue weighted by Crippen LogP contribution is 2.38. The Bertz CT molecular complexity index is 1110. The van der Waals surface area contributed by atoms with Gasteiger partial charge >= 0.3 is 0 Å². The number of hydrogen-bond donors (Lipinski definition) is 2. The van der Waals surface area contributed by atoms with Gasteiger partial charge in [0.2, 0.25) is 0 Å². The summed E-state index contributed by atoms with van der Waals surface area (Å²) in [5.74, 6) is 0.0352. The number of aromatic hydroxyl groups is 2. The van der Waals surface area contributed by atoms with Gasteiger partial charge in [0.05, 0.1) is 11.9 Å². The zero-order valence-corrected chi connectivity index (χ0v) is 15.6. The average molecular weight is 392 g/mol. The zero-order valence-electron chi connectivity index (χ0n) is 14.8. The Kier molecular flexibility index (Phi) is 5.04. The molecule has 4 nitrogen and oxygen atoms in total. The third-order valence-electron chi connectivity index (χ3n) is 4.33. The minimum absolute atomic E-state index is 0.0154. The Morgan fingerprint density at radius 2 is 1.64 bits per heavy atom. The van der Waals surface area contributed by atoms with Crippen LogP contribution in [0.1, 0.15) is 5.56 Å². The molecule has 4 aromatic rings. The lowest BCUT2D eigenvalue weighted by atomic mass is 10.1. The molecule has 6 heteroatoms. The van der Waals surface area contributed by atoms with E-state index in [1.54, 1.807) is 48.3 Å². The number of para-hydroxylation sites is 1. The van der Waals surface area contributed by atoms with E-state index in [0.29, 0.717) is 22.6 Å². The van der Waals surface area contributed by atoms with Gasteiger partial charge in [-0.05, 0) is 36.4 Å². The summed E-state index contributed by atoms with van der Waals surface area (Å²) < 4.78 is 15.7. The molecule has 0 aliphatic carbocycles. The lowest BCUT2D eigenvalue weighted by molar-refractivity contribution is 0.448. The van der Waals surface area contributed by atoms with Crippen molar-refractivity contribution in [1.82, 2.24) is 9.78 Å². The van der Waals surface area contributed by atoms with Gasteiger partial charge in [0, 0.05) is 27.8 Å². The Balaban J connectivity index is 1.71. The normalized spacial score (nSPS) is 10.9. The smallest absolute Gasteiger partial charge is 0.148 e. The Labute approximate surface area is 165 Å². The number of benzene rings is 3. The molecule has 0 unspecified atom stereocenters. The molecular formula is C22H17FN2O2S. The number of hydrogen-bond acceptors (Lipinski definition) is 4. The van der Waals surface area contributed by atoms with E-state index in [2.05, 4.69) is 5.10 Å². The molecule has 140 valence electrons. The average Bonchev–Trinajstić information content (AvgIpc) is 3.18. The summed E-state index contributed by atoms with van der Waals surface area (Å²) in [5, 5.41) is 24.9. The van der Waals surface area contributed by atoms with Crippen molar-refractivity contribution in [1.29, 1.82) is 0 Å². The molecule has 1 aromatic heterocycles. The fraction of sp³-hybridized carbons (Fsp3) is 0.0455. The van der Waals surface area contributed by atoms with E-state index < -0.39 is 5.82 Å². The van der Waals surface area contributed by atoms with Crippen LogP contribution in [0.3, 0.4) is 0 Å². The summed E-state index contributed by atoms with van der Waals surface area (Å²) in [7, 11) is 0. The van der Waals surface area contributed by atoms with E-state index in [1.807, 2.05) is 30.3 Å². The van der Waals surface area contributed by atoms with Crippen molar-refractivity contribution in [3.05, 3.63) is 90.4 Å². The van der Waals surface area contributed by atoms with Crippen LogP contribution in [-0.4, -0.2) is 20.0 Å². The lowest BCUT2D eigenvalue weighted by Gasteiger charge is -2.13. The first kappa shape index (κ1) is 18.1. The van der Waals surface area contributed by atoms with E-state index >= 15 is 0 Å². The molecule has 0 saturated heterocycles. The fourth-order valence-corrected chi connectivity index (χ4v) is 3.85. The highest BCUT2D eigenvalue weighted by Gasteiger charge is 2.16. The molecule has 0 radical (unpaired) electrons. The number of aromatic nitrogens is 2. The highest BCUT2D eigenvalue weighted by atomic mass is 32.2. The van der Waals surface area contributed by atoms with Crippen LogP contribution >= 0.6 is 11.8 Å². The van der Waals surface area contributed by atoms with Crippen LogP contribution in [0.4, 0.5) is 4.39 Å². The summed E-state index contributed by atoms with van der Waals surface area (Å²) in [6.07, 6.45) is 1.55. The SMILES string of the molecule is Oc1cc(O)c(-c2ccnn2-c2ccccc2F)cc1CSc1ccccc1. The lowest BCUT2D eigenvalue weighted by Crippen LogP contribution is -2.02. The summed E-state index contributed by atoms with van der Waals surface area (Å²) in [6, 6.07) is 20.9. The number of thioether (sulfide) groups is 1. The summed E-state index contributed by atoms with van der Waals surface area (Å²) in [5.41, 5.74) is 1.97. The number of nitrogens with zero attached hydrogens (tertiary/aromatic N) is 2. The molecule has 0 amide bonds. The number of phenolic OH excluding ortho intramolecular Hbond substituents is 2. The molecule has 0 bridgehead atoms. The van der Waals surface area contributed by atoms with Gasteiger partial charge < -0.3 is 10.2 Å². The summed E-state index contributed by atoms with van der Waals surface area (Å²) in [4.78, 5) is 1.08. The van der Waals surface area contributed by atoms with Crippen LogP contribution < -0.4 is 0 Å². The van der Waals surface area contributed by atoms with Crippen molar-refractivity contribution in [2.45, 2.75) is 10.6 Å². The topological polar surface area (TPSA) is 58.3 Å². The van der Waals surface area contributed by atoms with Crippen molar-refractivity contribution in [3.63, 3.8) is 0 Å². The third kappa shape index (κ3) is 3.59. The van der Waals surface area contributed by atoms with Crippen molar-refractivity contribution in [3.8, 4) is 28.4 Å². The van der Waals surface area contributed by atoms with Crippen molar-refractivity contribution >= 4 is 11.8 Å². The molecule has 0 aliphatic rings. The highest BCUT2D eigenvalue weighted by molar-refractivity contribution is 7.98. The standard InChI is InChI=1S/C22H17FN2O2S/c23-18-8-4-5-9-20(18)25-19(10-11-24-25)17-12-15(21(26)13-22(17)27)14-28-16-6-2-1-3-7-16/h1-13,26-27H,14H2. The zero-order chi connectivity index (χ0) is 19.5. The van der Waals surface area contributed by atoms with Gasteiger partial charge in [-0.3, -0.25) is 0 Å². The first-order valence-electron chi connectivity index (χ1n) is 8.65. The molecule has 2 N–H and O–H groups in total.